The van der Waals surface area contributed by atoms with E-state index < -0.39 is 5.82 Å². The molecule has 21 heavy (non-hydrogen) atoms. The molecule has 0 aliphatic rings. The minimum Gasteiger partial charge on any atom is -0.287 e. The Kier molecular flexibility index (Phi) is 3.36. The first-order chi connectivity index (χ1) is 10.2. The Balaban J connectivity index is 2.08. The van der Waals surface area contributed by atoms with Gasteiger partial charge in [0.1, 0.15) is 11.5 Å². The third kappa shape index (κ3) is 2.48. The van der Waals surface area contributed by atoms with Gasteiger partial charge in [0.25, 0.3) is 0 Å². The molecule has 0 bridgehead atoms. The van der Waals surface area contributed by atoms with E-state index in [0.717, 1.165) is 11.3 Å². The van der Waals surface area contributed by atoms with Gasteiger partial charge < -0.3 is 0 Å². The minimum atomic E-state index is -0.422. The standard InChI is InChI=1S/C17H13FN2O/c1-12-7-8-13(18)11-15(12)17(21)16-9-10-19-20(16)14-5-3-2-4-6-14/h2-11H,1H3. The summed E-state index contributed by atoms with van der Waals surface area (Å²) in [6.07, 6.45) is 1.56. The quantitative estimate of drug-likeness (QED) is 0.688. The molecule has 0 aliphatic carbocycles. The van der Waals surface area contributed by atoms with Crippen molar-refractivity contribution in [1.82, 2.24) is 9.78 Å². The van der Waals surface area contributed by atoms with Crippen molar-refractivity contribution in [3.63, 3.8) is 0 Å². The molecule has 4 heteroatoms. The number of para-hydroxylation sites is 1. The van der Waals surface area contributed by atoms with Gasteiger partial charge in [-0.3, -0.25) is 4.79 Å². The van der Waals surface area contributed by atoms with E-state index >= 15 is 0 Å². The van der Waals surface area contributed by atoms with Gasteiger partial charge in [0.2, 0.25) is 5.78 Å². The summed E-state index contributed by atoms with van der Waals surface area (Å²) in [7, 11) is 0. The Labute approximate surface area is 121 Å². The number of nitrogens with zero attached hydrogens (tertiary/aromatic N) is 2. The van der Waals surface area contributed by atoms with E-state index in [4.69, 9.17) is 0 Å². The highest BCUT2D eigenvalue weighted by Crippen LogP contribution is 2.18. The van der Waals surface area contributed by atoms with E-state index in [1.807, 2.05) is 30.3 Å². The van der Waals surface area contributed by atoms with Gasteiger partial charge >= 0.3 is 0 Å². The summed E-state index contributed by atoms with van der Waals surface area (Å²) < 4.78 is 15.0. The van der Waals surface area contributed by atoms with Crippen molar-refractivity contribution in [3.8, 4) is 5.69 Å². The maximum atomic E-state index is 13.4. The van der Waals surface area contributed by atoms with Crippen molar-refractivity contribution in [1.29, 1.82) is 0 Å². The van der Waals surface area contributed by atoms with Crippen molar-refractivity contribution in [3.05, 3.63) is 83.4 Å². The number of aromatic nitrogens is 2. The van der Waals surface area contributed by atoms with E-state index in [-0.39, 0.29) is 5.78 Å². The van der Waals surface area contributed by atoms with Gasteiger partial charge in [-0.2, -0.15) is 5.10 Å². The first-order valence-corrected chi connectivity index (χ1v) is 6.57. The Morgan fingerprint density at radius 3 is 2.62 bits per heavy atom. The Hall–Kier alpha value is -2.75. The van der Waals surface area contributed by atoms with Crippen LogP contribution in [0.3, 0.4) is 0 Å². The summed E-state index contributed by atoms with van der Waals surface area (Å²) in [4.78, 5) is 12.6. The van der Waals surface area contributed by atoms with Crippen LogP contribution in [-0.4, -0.2) is 15.6 Å². The molecule has 1 heterocycles. The number of benzene rings is 2. The number of hydrogen-bond acceptors (Lipinski definition) is 2. The molecular weight excluding hydrogens is 267 g/mol. The number of ketones is 1. The predicted octanol–water partition coefficient (Wildman–Crippen LogP) is 3.55. The fourth-order valence-corrected chi connectivity index (χ4v) is 2.23. The molecule has 0 fully saturated rings. The van der Waals surface area contributed by atoms with Crippen LogP contribution in [0.2, 0.25) is 0 Å². The van der Waals surface area contributed by atoms with Crippen LogP contribution in [0.4, 0.5) is 4.39 Å². The van der Waals surface area contributed by atoms with Crippen LogP contribution in [0.1, 0.15) is 21.6 Å². The smallest absolute Gasteiger partial charge is 0.211 e. The molecule has 0 spiro atoms. The van der Waals surface area contributed by atoms with Crippen molar-refractivity contribution in [2.45, 2.75) is 6.92 Å². The SMILES string of the molecule is Cc1ccc(F)cc1C(=O)c1ccnn1-c1ccccc1. The molecule has 3 rings (SSSR count). The normalized spacial score (nSPS) is 10.6. The summed E-state index contributed by atoms with van der Waals surface area (Å²) in [5.74, 6) is -0.664. The molecule has 104 valence electrons. The lowest BCUT2D eigenvalue weighted by Gasteiger charge is -2.08. The second kappa shape index (κ2) is 5.32. The van der Waals surface area contributed by atoms with Gasteiger partial charge in [0.05, 0.1) is 11.9 Å². The van der Waals surface area contributed by atoms with Crippen molar-refractivity contribution < 1.29 is 9.18 Å². The lowest BCUT2D eigenvalue weighted by Crippen LogP contribution is -2.11. The molecule has 0 aliphatic heterocycles. The number of halogens is 1. The molecule has 0 saturated heterocycles. The third-order valence-electron chi connectivity index (χ3n) is 3.32. The van der Waals surface area contributed by atoms with Crippen LogP contribution >= 0.6 is 0 Å². The highest BCUT2D eigenvalue weighted by atomic mass is 19.1. The number of carbonyl (C=O) groups is 1. The molecule has 0 unspecified atom stereocenters. The molecule has 0 radical (unpaired) electrons. The molecule has 3 aromatic rings. The van der Waals surface area contributed by atoms with Gasteiger partial charge in [0, 0.05) is 5.56 Å². The Morgan fingerprint density at radius 1 is 1.10 bits per heavy atom. The minimum absolute atomic E-state index is 0.242. The summed E-state index contributed by atoms with van der Waals surface area (Å²) in [5.41, 5.74) is 2.30. The van der Waals surface area contributed by atoms with Gasteiger partial charge in [-0.05, 0) is 42.8 Å². The number of carbonyl (C=O) groups excluding carboxylic acids is 1. The number of hydrogen-bond donors (Lipinski definition) is 0. The van der Waals surface area contributed by atoms with Crippen molar-refractivity contribution >= 4 is 5.78 Å². The van der Waals surface area contributed by atoms with Gasteiger partial charge in [-0.25, -0.2) is 9.07 Å². The van der Waals surface area contributed by atoms with Crippen molar-refractivity contribution in [2.75, 3.05) is 0 Å². The monoisotopic (exact) mass is 280 g/mol. The Morgan fingerprint density at radius 2 is 1.86 bits per heavy atom. The molecule has 3 nitrogen and oxygen atoms in total. The van der Waals surface area contributed by atoms with Crippen LogP contribution < -0.4 is 0 Å². The zero-order chi connectivity index (χ0) is 14.8. The molecule has 0 amide bonds. The lowest BCUT2D eigenvalue weighted by molar-refractivity contribution is 0.103. The Bertz CT molecular complexity index is 794. The first-order valence-electron chi connectivity index (χ1n) is 6.57. The van der Waals surface area contributed by atoms with Gasteiger partial charge in [0.15, 0.2) is 0 Å². The lowest BCUT2D eigenvalue weighted by atomic mass is 10.0. The molecule has 0 N–H and O–H groups in total. The fraction of sp³-hybridized carbons (Fsp3) is 0.0588. The zero-order valence-electron chi connectivity index (χ0n) is 11.5. The molecule has 1 aromatic heterocycles. The van der Waals surface area contributed by atoms with Crippen LogP contribution in [0.15, 0.2) is 60.8 Å². The summed E-state index contributed by atoms with van der Waals surface area (Å²) in [5, 5.41) is 4.19. The zero-order valence-corrected chi connectivity index (χ0v) is 11.5. The largest absolute Gasteiger partial charge is 0.287 e. The average molecular weight is 280 g/mol. The molecule has 0 saturated carbocycles. The first kappa shape index (κ1) is 13.2. The fourth-order valence-electron chi connectivity index (χ4n) is 2.23. The van der Waals surface area contributed by atoms with E-state index in [9.17, 15) is 9.18 Å². The summed E-state index contributed by atoms with van der Waals surface area (Å²) in [6, 6.07) is 15.2. The summed E-state index contributed by atoms with van der Waals surface area (Å²) >= 11 is 0. The molecular formula is C17H13FN2O. The van der Waals surface area contributed by atoms with Crippen LogP contribution in [0.5, 0.6) is 0 Å². The van der Waals surface area contributed by atoms with E-state index in [1.165, 1.54) is 12.1 Å². The van der Waals surface area contributed by atoms with Crippen LogP contribution in [0, 0.1) is 12.7 Å². The third-order valence-corrected chi connectivity index (χ3v) is 3.32. The number of aryl methyl sites for hydroxylation is 1. The summed E-state index contributed by atoms with van der Waals surface area (Å²) in [6.45, 7) is 1.79. The molecule has 0 atom stereocenters. The maximum Gasteiger partial charge on any atom is 0.211 e. The van der Waals surface area contributed by atoms with E-state index in [1.54, 1.807) is 29.9 Å². The molecule has 2 aromatic carbocycles. The second-order valence-corrected chi connectivity index (χ2v) is 4.75. The average Bonchev–Trinajstić information content (AvgIpc) is 2.99. The van der Waals surface area contributed by atoms with Crippen LogP contribution in [-0.2, 0) is 0 Å². The highest BCUT2D eigenvalue weighted by molar-refractivity contribution is 6.09. The maximum absolute atomic E-state index is 13.4. The van der Waals surface area contributed by atoms with E-state index in [2.05, 4.69) is 5.10 Å². The van der Waals surface area contributed by atoms with Gasteiger partial charge in [-0.15, -0.1) is 0 Å². The van der Waals surface area contributed by atoms with E-state index in [0.29, 0.717) is 11.3 Å². The van der Waals surface area contributed by atoms with Crippen LogP contribution in [0.25, 0.3) is 5.69 Å². The van der Waals surface area contributed by atoms with Crippen molar-refractivity contribution in [2.24, 2.45) is 0 Å². The number of rotatable bonds is 3. The predicted molar refractivity (Wildman–Crippen MR) is 78.1 cm³/mol. The topological polar surface area (TPSA) is 34.9 Å². The van der Waals surface area contributed by atoms with Gasteiger partial charge in [-0.1, -0.05) is 24.3 Å². The second-order valence-electron chi connectivity index (χ2n) is 4.75. The highest BCUT2D eigenvalue weighted by Gasteiger charge is 2.17.